The van der Waals surface area contributed by atoms with Crippen LogP contribution >= 0.6 is 0 Å². The summed E-state index contributed by atoms with van der Waals surface area (Å²) in [4.78, 5) is 6.61. The summed E-state index contributed by atoms with van der Waals surface area (Å²) < 4.78 is 5.19. The monoisotopic (exact) mass is 235 g/mol. The second kappa shape index (κ2) is 5.36. The fourth-order valence-corrected chi connectivity index (χ4v) is 2.33. The molecule has 1 atom stereocenters. The van der Waals surface area contributed by atoms with Crippen LogP contribution in [0.3, 0.4) is 0 Å². The van der Waals surface area contributed by atoms with Crippen molar-refractivity contribution in [1.82, 2.24) is 10.3 Å². The van der Waals surface area contributed by atoms with E-state index in [1.54, 1.807) is 7.11 Å². The van der Waals surface area contributed by atoms with Crippen molar-refractivity contribution in [3.8, 4) is 5.88 Å². The Morgan fingerprint density at radius 1 is 1.53 bits per heavy atom. The van der Waals surface area contributed by atoms with Crippen LogP contribution in [0.5, 0.6) is 5.88 Å². The maximum Gasteiger partial charge on any atom is 0.214 e. The van der Waals surface area contributed by atoms with Crippen molar-refractivity contribution in [2.24, 2.45) is 5.92 Å². The summed E-state index contributed by atoms with van der Waals surface area (Å²) in [6.07, 6.45) is 1.81. The molecule has 0 amide bonds. The predicted octanol–water partition coefficient (Wildman–Crippen LogP) is 1.52. The Bertz CT molecular complexity index is 367. The lowest BCUT2D eigenvalue weighted by molar-refractivity contribution is 0.385. The number of nitrogens with zero attached hydrogens (tertiary/aromatic N) is 2. The Kier molecular flexibility index (Phi) is 3.84. The van der Waals surface area contributed by atoms with Gasteiger partial charge in [-0.25, -0.2) is 4.98 Å². The maximum atomic E-state index is 5.19. The molecule has 2 rings (SSSR count). The summed E-state index contributed by atoms with van der Waals surface area (Å²) in [5, 5.41) is 3.46. The third-order valence-corrected chi connectivity index (χ3v) is 3.31. The molecule has 1 fully saturated rings. The zero-order valence-corrected chi connectivity index (χ0v) is 10.8. The Balaban J connectivity index is 2.22. The molecule has 0 unspecified atom stereocenters. The van der Waals surface area contributed by atoms with Gasteiger partial charge in [-0.1, -0.05) is 13.8 Å². The van der Waals surface area contributed by atoms with Crippen LogP contribution in [-0.4, -0.2) is 37.8 Å². The minimum atomic E-state index is 0.538. The van der Waals surface area contributed by atoms with E-state index >= 15 is 0 Å². The SMILES string of the molecule is COc1cc(N2CCNC[C@H]2C(C)C)ccn1. The van der Waals surface area contributed by atoms with Crippen LogP contribution in [0.1, 0.15) is 13.8 Å². The van der Waals surface area contributed by atoms with E-state index in [0.29, 0.717) is 17.8 Å². The van der Waals surface area contributed by atoms with Gasteiger partial charge in [-0.15, -0.1) is 0 Å². The predicted molar refractivity (Wildman–Crippen MR) is 69.6 cm³/mol. The Hall–Kier alpha value is -1.29. The molecule has 1 aliphatic heterocycles. The fourth-order valence-electron chi connectivity index (χ4n) is 2.33. The van der Waals surface area contributed by atoms with Crippen molar-refractivity contribution in [2.75, 3.05) is 31.6 Å². The molecule has 4 nitrogen and oxygen atoms in total. The molecule has 0 radical (unpaired) electrons. The lowest BCUT2D eigenvalue weighted by Gasteiger charge is -2.40. The van der Waals surface area contributed by atoms with Gasteiger partial charge >= 0.3 is 0 Å². The minimum absolute atomic E-state index is 0.538. The summed E-state index contributed by atoms with van der Waals surface area (Å²) >= 11 is 0. The van der Waals surface area contributed by atoms with E-state index in [-0.39, 0.29) is 0 Å². The van der Waals surface area contributed by atoms with Crippen LogP contribution in [0.25, 0.3) is 0 Å². The largest absolute Gasteiger partial charge is 0.481 e. The summed E-state index contributed by atoms with van der Waals surface area (Å²) in [5.41, 5.74) is 1.21. The summed E-state index contributed by atoms with van der Waals surface area (Å²) in [6, 6.07) is 4.61. The van der Waals surface area contributed by atoms with Gasteiger partial charge in [-0.3, -0.25) is 0 Å². The lowest BCUT2D eigenvalue weighted by Crippen LogP contribution is -2.53. The highest BCUT2D eigenvalue weighted by molar-refractivity contribution is 5.49. The fraction of sp³-hybridized carbons (Fsp3) is 0.615. The molecule has 1 saturated heterocycles. The first-order chi connectivity index (χ1) is 8.22. The molecule has 2 heterocycles. The summed E-state index contributed by atoms with van der Waals surface area (Å²) in [5.74, 6) is 1.31. The standard InChI is InChI=1S/C13H21N3O/c1-10(2)12-9-14-6-7-16(12)11-4-5-15-13(8-11)17-3/h4-5,8,10,12,14H,6-7,9H2,1-3H3/t12-/m0/s1. The highest BCUT2D eigenvalue weighted by Crippen LogP contribution is 2.24. The molecular formula is C13H21N3O. The minimum Gasteiger partial charge on any atom is -0.481 e. The number of ether oxygens (including phenoxy) is 1. The van der Waals surface area contributed by atoms with E-state index in [4.69, 9.17) is 4.74 Å². The molecule has 1 N–H and O–H groups in total. The van der Waals surface area contributed by atoms with Crippen molar-refractivity contribution < 1.29 is 4.74 Å². The molecule has 17 heavy (non-hydrogen) atoms. The molecule has 0 bridgehead atoms. The van der Waals surface area contributed by atoms with Gasteiger partial charge < -0.3 is 15.0 Å². The van der Waals surface area contributed by atoms with Crippen LogP contribution < -0.4 is 15.0 Å². The van der Waals surface area contributed by atoms with Gasteiger partial charge in [-0.05, 0) is 12.0 Å². The molecule has 0 saturated carbocycles. The van der Waals surface area contributed by atoms with Gasteiger partial charge in [0.1, 0.15) is 0 Å². The van der Waals surface area contributed by atoms with Crippen LogP contribution in [0, 0.1) is 5.92 Å². The average molecular weight is 235 g/mol. The average Bonchev–Trinajstić information content (AvgIpc) is 2.39. The third kappa shape index (κ3) is 2.69. The first-order valence-corrected chi connectivity index (χ1v) is 6.19. The first-order valence-electron chi connectivity index (χ1n) is 6.19. The normalized spacial score (nSPS) is 20.7. The number of rotatable bonds is 3. The zero-order valence-electron chi connectivity index (χ0n) is 10.8. The Morgan fingerprint density at radius 3 is 3.06 bits per heavy atom. The second-order valence-electron chi connectivity index (χ2n) is 4.77. The second-order valence-corrected chi connectivity index (χ2v) is 4.77. The van der Waals surface area contributed by atoms with Gasteiger partial charge in [-0.2, -0.15) is 0 Å². The van der Waals surface area contributed by atoms with Crippen molar-refractivity contribution in [1.29, 1.82) is 0 Å². The van der Waals surface area contributed by atoms with E-state index in [0.717, 1.165) is 19.6 Å². The molecule has 1 aromatic heterocycles. The molecule has 94 valence electrons. The highest BCUT2D eigenvalue weighted by Gasteiger charge is 2.25. The van der Waals surface area contributed by atoms with E-state index in [2.05, 4.69) is 35.1 Å². The molecule has 1 aromatic rings. The Labute approximate surface area is 103 Å². The van der Waals surface area contributed by atoms with E-state index in [1.807, 2.05) is 12.3 Å². The van der Waals surface area contributed by atoms with Crippen molar-refractivity contribution in [3.05, 3.63) is 18.3 Å². The van der Waals surface area contributed by atoms with E-state index in [9.17, 15) is 0 Å². The number of pyridine rings is 1. The number of hydrogen-bond acceptors (Lipinski definition) is 4. The topological polar surface area (TPSA) is 37.4 Å². The highest BCUT2D eigenvalue weighted by atomic mass is 16.5. The van der Waals surface area contributed by atoms with Gasteiger partial charge in [0.05, 0.1) is 7.11 Å². The molecule has 0 aromatic carbocycles. The van der Waals surface area contributed by atoms with Crippen LogP contribution in [-0.2, 0) is 0 Å². The quantitative estimate of drug-likeness (QED) is 0.862. The molecular weight excluding hydrogens is 214 g/mol. The lowest BCUT2D eigenvalue weighted by atomic mass is 10.00. The molecule has 1 aliphatic rings. The van der Waals surface area contributed by atoms with Crippen molar-refractivity contribution in [2.45, 2.75) is 19.9 Å². The van der Waals surface area contributed by atoms with Crippen LogP contribution in [0.2, 0.25) is 0 Å². The first kappa shape index (κ1) is 12.2. The number of methoxy groups -OCH3 is 1. The summed E-state index contributed by atoms with van der Waals surface area (Å²) in [6.45, 7) is 7.65. The van der Waals surface area contributed by atoms with Gasteiger partial charge in [0, 0.05) is 43.6 Å². The number of hydrogen-bond donors (Lipinski definition) is 1. The third-order valence-electron chi connectivity index (χ3n) is 3.31. The van der Waals surface area contributed by atoms with Crippen LogP contribution in [0.4, 0.5) is 5.69 Å². The van der Waals surface area contributed by atoms with Gasteiger partial charge in [0.15, 0.2) is 0 Å². The zero-order chi connectivity index (χ0) is 12.3. The number of piperazine rings is 1. The smallest absolute Gasteiger partial charge is 0.214 e. The molecule has 0 aliphatic carbocycles. The molecule has 4 heteroatoms. The van der Waals surface area contributed by atoms with Gasteiger partial charge in [0.25, 0.3) is 0 Å². The van der Waals surface area contributed by atoms with E-state index < -0.39 is 0 Å². The van der Waals surface area contributed by atoms with Crippen molar-refractivity contribution >= 4 is 5.69 Å². The van der Waals surface area contributed by atoms with Crippen LogP contribution in [0.15, 0.2) is 18.3 Å². The van der Waals surface area contributed by atoms with Crippen molar-refractivity contribution in [3.63, 3.8) is 0 Å². The van der Waals surface area contributed by atoms with E-state index in [1.165, 1.54) is 5.69 Å². The number of nitrogens with one attached hydrogen (secondary N) is 1. The maximum absolute atomic E-state index is 5.19. The number of anilines is 1. The molecule has 0 spiro atoms. The summed E-state index contributed by atoms with van der Waals surface area (Å²) in [7, 11) is 1.66. The Morgan fingerprint density at radius 2 is 2.35 bits per heavy atom. The number of aromatic nitrogens is 1. The van der Waals surface area contributed by atoms with Gasteiger partial charge in [0.2, 0.25) is 5.88 Å².